The first-order valence-corrected chi connectivity index (χ1v) is 6.67. The van der Waals surface area contributed by atoms with Crippen molar-refractivity contribution >= 4 is 22.9 Å². The second kappa shape index (κ2) is 5.62. The lowest BCUT2D eigenvalue weighted by molar-refractivity contribution is 0.420. The largest absolute Gasteiger partial charge is 0.496 e. The van der Waals surface area contributed by atoms with Crippen molar-refractivity contribution in [1.82, 2.24) is 0 Å². The molecule has 0 saturated heterocycles. The Morgan fingerprint density at radius 1 is 0.700 bits per heavy atom. The van der Waals surface area contributed by atoms with Crippen molar-refractivity contribution in [2.24, 2.45) is 0 Å². The molecule has 0 atom stereocenters. The standard InChI is InChI=1S/C19H16O/c1-20-19-14-13-16(17-9-5-6-10-18(17)19)12-11-15-7-3-2-4-8-15/h2-14H,1H3/b12-11+. The highest BCUT2D eigenvalue weighted by Gasteiger charge is 2.03. The highest BCUT2D eigenvalue weighted by Crippen LogP contribution is 2.29. The van der Waals surface area contributed by atoms with Crippen LogP contribution in [0, 0.1) is 0 Å². The lowest BCUT2D eigenvalue weighted by Crippen LogP contribution is -1.86. The van der Waals surface area contributed by atoms with E-state index >= 15 is 0 Å². The molecule has 0 saturated carbocycles. The van der Waals surface area contributed by atoms with Crippen molar-refractivity contribution in [1.29, 1.82) is 0 Å². The van der Waals surface area contributed by atoms with Crippen molar-refractivity contribution in [3.63, 3.8) is 0 Å². The summed E-state index contributed by atoms with van der Waals surface area (Å²) in [5.41, 5.74) is 2.40. The van der Waals surface area contributed by atoms with E-state index in [0.717, 1.165) is 11.1 Å². The highest BCUT2D eigenvalue weighted by atomic mass is 16.5. The van der Waals surface area contributed by atoms with Gasteiger partial charge in [-0.3, -0.25) is 0 Å². The summed E-state index contributed by atoms with van der Waals surface area (Å²) in [6, 6.07) is 22.8. The van der Waals surface area contributed by atoms with Crippen LogP contribution in [0.5, 0.6) is 5.75 Å². The molecule has 3 aromatic rings. The van der Waals surface area contributed by atoms with Crippen LogP contribution in [0.15, 0.2) is 66.7 Å². The topological polar surface area (TPSA) is 9.23 Å². The van der Waals surface area contributed by atoms with E-state index in [4.69, 9.17) is 4.74 Å². The zero-order chi connectivity index (χ0) is 13.8. The molecule has 0 bridgehead atoms. The van der Waals surface area contributed by atoms with Gasteiger partial charge in [-0.05, 0) is 22.6 Å². The number of hydrogen-bond donors (Lipinski definition) is 0. The Hall–Kier alpha value is -2.54. The molecule has 1 nitrogen and oxygen atoms in total. The van der Waals surface area contributed by atoms with Gasteiger partial charge in [0.15, 0.2) is 0 Å². The summed E-state index contributed by atoms with van der Waals surface area (Å²) in [4.78, 5) is 0. The molecule has 0 spiro atoms. The molecule has 0 aliphatic heterocycles. The fourth-order valence-electron chi connectivity index (χ4n) is 2.37. The zero-order valence-electron chi connectivity index (χ0n) is 11.4. The summed E-state index contributed by atoms with van der Waals surface area (Å²) in [6.45, 7) is 0. The summed E-state index contributed by atoms with van der Waals surface area (Å²) < 4.78 is 5.42. The molecule has 20 heavy (non-hydrogen) atoms. The van der Waals surface area contributed by atoms with Crippen LogP contribution < -0.4 is 4.74 Å². The fraction of sp³-hybridized carbons (Fsp3) is 0.0526. The van der Waals surface area contributed by atoms with E-state index in [1.165, 1.54) is 16.5 Å². The zero-order valence-corrected chi connectivity index (χ0v) is 11.4. The molecule has 3 aromatic carbocycles. The molecule has 0 amide bonds. The Morgan fingerprint density at radius 3 is 2.15 bits per heavy atom. The summed E-state index contributed by atoms with van der Waals surface area (Å²) in [5.74, 6) is 0.914. The number of hydrogen-bond acceptors (Lipinski definition) is 1. The minimum Gasteiger partial charge on any atom is -0.496 e. The highest BCUT2D eigenvalue weighted by molar-refractivity contribution is 5.96. The lowest BCUT2D eigenvalue weighted by Gasteiger charge is -2.07. The molecular formula is C19H16O. The maximum Gasteiger partial charge on any atom is 0.126 e. The first-order valence-electron chi connectivity index (χ1n) is 6.67. The molecule has 0 radical (unpaired) electrons. The van der Waals surface area contributed by atoms with Gasteiger partial charge < -0.3 is 4.74 Å². The molecule has 3 rings (SSSR count). The Bertz CT molecular complexity index is 742. The van der Waals surface area contributed by atoms with Gasteiger partial charge in [0.1, 0.15) is 5.75 Å². The van der Waals surface area contributed by atoms with Crippen LogP contribution >= 0.6 is 0 Å². The van der Waals surface area contributed by atoms with E-state index in [0.29, 0.717) is 0 Å². The van der Waals surface area contributed by atoms with Gasteiger partial charge in [0.2, 0.25) is 0 Å². The third kappa shape index (κ3) is 2.43. The normalized spacial score (nSPS) is 11.1. The quantitative estimate of drug-likeness (QED) is 0.601. The molecule has 0 heterocycles. The summed E-state index contributed by atoms with van der Waals surface area (Å²) in [7, 11) is 1.71. The van der Waals surface area contributed by atoms with Crippen LogP contribution in [0.3, 0.4) is 0 Å². The van der Waals surface area contributed by atoms with Gasteiger partial charge in [-0.25, -0.2) is 0 Å². The van der Waals surface area contributed by atoms with Crippen molar-refractivity contribution < 1.29 is 4.74 Å². The van der Waals surface area contributed by atoms with Crippen LogP contribution in [-0.2, 0) is 0 Å². The molecule has 1 heteroatoms. The lowest BCUT2D eigenvalue weighted by atomic mass is 10.0. The fourth-order valence-corrected chi connectivity index (χ4v) is 2.37. The predicted molar refractivity (Wildman–Crippen MR) is 85.9 cm³/mol. The number of rotatable bonds is 3. The van der Waals surface area contributed by atoms with Crippen molar-refractivity contribution in [3.8, 4) is 5.75 Å². The van der Waals surface area contributed by atoms with Crippen LogP contribution in [0.25, 0.3) is 22.9 Å². The summed E-state index contributed by atoms with van der Waals surface area (Å²) in [6.07, 6.45) is 4.28. The van der Waals surface area contributed by atoms with Gasteiger partial charge in [0.05, 0.1) is 7.11 Å². The van der Waals surface area contributed by atoms with E-state index in [2.05, 4.69) is 48.6 Å². The van der Waals surface area contributed by atoms with E-state index < -0.39 is 0 Å². The SMILES string of the molecule is COc1ccc(/C=C/c2ccccc2)c2ccccc12. The third-order valence-electron chi connectivity index (χ3n) is 3.39. The van der Waals surface area contributed by atoms with Crippen LogP contribution in [0.2, 0.25) is 0 Å². The van der Waals surface area contributed by atoms with Crippen molar-refractivity contribution in [3.05, 3.63) is 77.9 Å². The molecule has 0 aliphatic rings. The maximum atomic E-state index is 5.42. The number of fused-ring (bicyclic) bond motifs is 1. The number of methoxy groups -OCH3 is 1. The Balaban J connectivity index is 2.07. The van der Waals surface area contributed by atoms with Gasteiger partial charge in [0.25, 0.3) is 0 Å². The predicted octanol–water partition coefficient (Wildman–Crippen LogP) is 5.02. The van der Waals surface area contributed by atoms with E-state index in [1.807, 2.05) is 30.3 Å². The summed E-state index contributed by atoms with van der Waals surface area (Å²) in [5, 5.41) is 2.35. The maximum absolute atomic E-state index is 5.42. The van der Waals surface area contributed by atoms with Crippen molar-refractivity contribution in [2.75, 3.05) is 7.11 Å². The number of benzene rings is 3. The minimum atomic E-state index is 0.914. The van der Waals surface area contributed by atoms with Crippen LogP contribution in [-0.4, -0.2) is 7.11 Å². The van der Waals surface area contributed by atoms with Crippen molar-refractivity contribution in [2.45, 2.75) is 0 Å². The Labute approximate surface area is 119 Å². The van der Waals surface area contributed by atoms with Crippen LogP contribution in [0.1, 0.15) is 11.1 Å². The van der Waals surface area contributed by atoms with Gasteiger partial charge in [-0.2, -0.15) is 0 Å². The second-order valence-corrected chi connectivity index (χ2v) is 4.65. The molecule has 0 N–H and O–H groups in total. The molecule has 0 fully saturated rings. The monoisotopic (exact) mass is 260 g/mol. The molecule has 98 valence electrons. The van der Waals surface area contributed by atoms with Gasteiger partial charge >= 0.3 is 0 Å². The van der Waals surface area contributed by atoms with E-state index in [9.17, 15) is 0 Å². The average Bonchev–Trinajstić information content (AvgIpc) is 2.53. The molecule has 0 unspecified atom stereocenters. The second-order valence-electron chi connectivity index (χ2n) is 4.65. The number of ether oxygens (including phenoxy) is 1. The Morgan fingerprint density at radius 2 is 1.40 bits per heavy atom. The smallest absolute Gasteiger partial charge is 0.126 e. The van der Waals surface area contributed by atoms with Gasteiger partial charge in [0, 0.05) is 5.39 Å². The van der Waals surface area contributed by atoms with Crippen LogP contribution in [0.4, 0.5) is 0 Å². The molecule has 0 aliphatic carbocycles. The summed E-state index contributed by atoms with van der Waals surface area (Å²) >= 11 is 0. The first kappa shape index (κ1) is 12.5. The minimum absolute atomic E-state index is 0.914. The Kier molecular flexibility index (Phi) is 3.51. The first-order chi connectivity index (χ1) is 9.88. The molecular weight excluding hydrogens is 244 g/mol. The van der Waals surface area contributed by atoms with Gasteiger partial charge in [-0.15, -0.1) is 0 Å². The molecule has 0 aromatic heterocycles. The average molecular weight is 260 g/mol. The van der Waals surface area contributed by atoms with Gasteiger partial charge in [-0.1, -0.05) is 72.8 Å². The third-order valence-corrected chi connectivity index (χ3v) is 3.39. The van der Waals surface area contributed by atoms with E-state index in [1.54, 1.807) is 7.11 Å². The van der Waals surface area contributed by atoms with E-state index in [-0.39, 0.29) is 0 Å².